The van der Waals surface area contributed by atoms with Crippen molar-refractivity contribution < 1.29 is 13.9 Å². The molecule has 2 bridgehead atoms. The highest BCUT2D eigenvalue weighted by molar-refractivity contribution is 14.1. The van der Waals surface area contributed by atoms with Crippen LogP contribution in [0.4, 0.5) is 4.39 Å². The molecule has 4 atom stereocenters. The molecule has 0 unspecified atom stereocenters. The average molecular weight is 425 g/mol. The van der Waals surface area contributed by atoms with Crippen LogP contribution in [0.15, 0.2) is 34.4 Å². The SMILES string of the molecule is COC(=O)[C@H]1[C@@H](c2ccc(F)cc2)C[C@@H]2CC[C@H]1N2C/C=C/[123I]. The Kier molecular flexibility index (Phi) is 5.36. The molecule has 0 radical (unpaired) electrons. The molecule has 3 nitrogen and oxygen atoms in total. The van der Waals surface area contributed by atoms with Crippen molar-refractivity contribution in [1.82, 2.24) is 4.90 Å². The van der Waals surface area contributed by atoms with Gasteiger partial charge in [-0.2, -0.15) is 0 Å². The van der Waals surface area contributed by atoms with E-state index < -0.39 is 0 Å². The summed E-state index contributed by atoms with van der Waals surface area (Å²) in [6.45, 7) is 0.877. The van der Waals surface area contributed by atoms with Crippen molar-refractivity contribution in [2.45, 2.75) is 37.3 Å². The van der Waals surface area contributed by atoms with Gasteiger partial charge in [0.2, 0.25) is 0 Å². The first-order valence-electron chi connectivity index (χ1n) is 8.00. The molecule has 0 saturated carbocycles. The summed E-state index contributed by atoms with van der Waals surface area (Å²) < 4.78 is 20.4. The summed E-state index contributed by atoms with van der Waals surface area (Å²) in [4.78, 5) is 14.9. The molecule has 3 rings (SSSR count). The van der Waals surface area contributed by atoms with Gasteiger partial charge < -0.3 is 4.74 Å². The minimum Gasteiger partial charge on any atom is -0.469 e. The van der Waals surface area contributed by atoms with Gasteiger partial charge in [0.05, 0.1) is 13.0 Å². The van der Waals surface area contributed by atoms with E-state index in [1.165, 1.54) is 19.2 Å². The van der Waals surface area contributed by atoms with Crippen molar-refractivity contribution in [3.05, 3.63) is 45.8 Å². The lowest BCUT2D eigenvalue weighted by molar-refractivity contribution is -0.150. The lowest BCUT2D eigenvalue weighted by Crippen LogP contribution is -2.50. The highest BCUT2D eigenvalue weighted by atomic mass is 123. The molecule has 0 spiro atoms. The van der Waals surface area contributed by atoms with Crippen molar-refractivity contribution in [2.75, 3.05) is 13.7 Å². The van der Waals surface area contributed by atoms with Crippen LogP contribution in [0.25, 0.3) is 0 Å². The predicted octanol–water partition coefficient (Wildman–Crippen LogP) is 3.88. The first-order chi connectivity index (χ1) is 11.2. The maximum atomic E-state index is 13.2. The van der Waals surface area contributed by atoms with Crippen LogP contribution in [-0.2, 0) is 9.53 Å². The number of carbonyl (C=O) groups is 1. The van der Waals surface area contributed by atoms with Gasteiger partial charge >= 0.3 is 5.97 Å². The molecule has 2 saturated heterocycles. The molecule has 5 heteroatoms. The molecular weight excluding hydrogens is 404 g/mol. The van der Waals surface area contributed by atoms with Gasteiger partial charge in [-0.25, -0.2) is 4.39 Å². The number of carbonyl (C=O) groups excluding carboxylic acids is 1. The lowest BCUT2D eigenvalue weighted by atomic mass is 9.76. The second-order valence-corrected chi connectivity index (χ2v) is 7.02. The van der Waals surface area contributed by atoms with E-state index in [4.69, 9.17) is 4.74 Å². The second kappa shape index (κ2) is 7.30. The fraction of sp³-hybridized carbons (Fsp3) is 0.500. The van der Waals surface area contributed by atoms with Crippen molar-refractivity contribution in [3.63, 3.8) is 0 Å². The quantitative estimate of drug-likeness (QED) is 0.542. The van der Waals surface area contributed by atoms with E-state index in [1.807, 2.05) is 16.2 Å². The van der Waals surface area contributed by atoms with Gasteiger partial charge in [0.25, 0.3) is 0 Å². The first-order valence-corrected chi connectivity index (χ1v) is 9.24. The van der Waals surface area contributed by atoms with Crippen LogP contribution in [-0.4, -0.2) is 36.6 Å². The lowest BCUT2D eigenvalue weighted by Gasteiger charge is -2.43. The van der Waals surface area contributed by atoms with E-state index in [0.717, 1.165) is 31.4 Å². The Labute approximate surface area is 150 Å². The molecule has 0 amide bonds. The predicted molar refractivity (Wildman–Crippen MR) is 95.9 cm³/mol. The molecule has 1 aromatic carbocycles. The summed E-state index contributed by atoms with van der Waals surface area (Å²) in [5.41, 5.74) is 1.04. The molecule has 2 aliphatic rings. The highest BCUT2D eigenvalue weighted by Gasteiger charge is 2.50. The van der Waals surface area contributed by atoms with Crippen molar-refractivity contribution in [3.8, 4) is 0 Å². The number of hydrogen-bond donors (Lipinski definition) is 0. The van der Waals surface area contributed by atoms with E-state index in [1.54, 1.807) is 0 Å². The number of fused-ring (bicyclic) bond motifs is 2. The van der Waals surface area contributed by atoms with Gasteiger partial charge in [-0.05, 0) is 41.0 Å². The number of hydrogen-bond acceptors (Lipinski definition) is 3. The number of rotatable bonds is 4. The van der Waals surface area contributed by atoms with E-state index in [9.17, 15) is 9.18 Å². The van der Waals surface area contributed by atoms with Crippen molar-refractivity contribution >= 4 is 28.6 Å². The molecule has 1 aromatic rings. The molecule has 2 heterocycles. The van der Waals surface area contributed by atoms with Crippen LogP contribution in [0.5, 0.6) is 0 Å². The van der Waals surface area contributed by atoms with Gasteiger partial charge in [0.1, 0.15) is 5.82 Å². The number of piperidine rings is 1. The minimum absolute atomic E-state index is 0.111. The number of halogens is 2. The van der Waals surface area contributed by atoms with Crippen LogP contribution < -0.4 is 0 Å². The molecule has 0 aromatic heterocycles. The zero-order valence-electron chi connectivity index (χ0n) is 13.1. The van der Waals surface area contributed by atoms with Gasteiger partial charge in [-0.1, -0.05) is 40.8 Å². The standard InChI is InChI=1S/C18H21FINO2/c1-23-18(22)17-15(12-3-5-13(19)6-4-12)11-14-7-8-16(17)21(14)10-2-9-20/h2-6,9,14-17H,7-8,10-11H2,1H3/b9-2+/t14-,15+,16+,17-/m0/s1/i20-4. The number of esters is 1. The third-order valence-corrected chi connectivity index (χ3v) is 5.75. The molecule has 124 valence electrons. The van der Waals surface area contributed by atoms with Gasteiger partial charge in [0.15, 0.2) is 0 Å². The zero-order chi connectivity index (χ0) is 16.4. The Bertz CT molecular complexity index is 589. The summed E-state index contributed by atoms with van der Waals surface area (Å²) in [5.74, 6) is -0.448. The fourth-order valence-electron chi connectivity index (χ4n) is 4.27. The maximum absolute atomic E-state index is 13.2. The minimum atomic E-state index is -0.240. The van der Waals surface area contributed by atoms with E-state index in [-0.39, 0.29) is 29.7 Å². The van der Waals surface area contributed by atoms with Crippen molar-refractivity contribution in [2.24, 2.45) is 5.92 Å². The first kappa shape index (κ1) is 16.9. The Morgan fingerprint density at radius 2 is 2.13 bits per heavy atom. The molecular formula is C18H21FINO2. The van der Waals surface area contributed by atoms with Gasteiger partial charge in [-0.3, -0.25) is 9.69 Å². The molecule has 23 heavy (non-hydrogen) atoms. The normalized spacial score (nSPS) is 30.7. The topological polar surface area (TPSA) is 29.5 Å². The van der Waals surface area contributed by atoms with Gasteiger partial charge in [-0.15, -0.1) is 0 Å². The van der Waals surface area contributed by atoms with Crippen LogP contribution in [0, 0.1) is 11.7 Å². The molecule has 0 aliphatic carbocycles. The third kappa shape index (κ3) is 3.31. The van der Waals surface area contributed by atoms with Crippen LogP contribution in [0.1, 0.15) is 30.7 Å². The molecule has 2 fully saturated rings. The smallest absolute Gasteiger partial charge is 0.310 e. The number of nitrogens with zero attached hydrogens (tertiary/aromatic N) is 1. The van der Waals surface area contributed by atoms with Crippen molar-refractivity contribution in [1.29, 1.82) is 0 Å². The summed E-state index contributed by atoms with van der Waals surface area (Å²) in [6, 6.07) is 7.30. The Hall–Kier alpha value is -0.950. The van der Waals surface area contributed by atoms with E-state index in [2.05, 4.69) is 33.6 Å². The summed E-state index contributed by atoms with van der Waals surface area (Å²) in [7, 11) is 1.46. The maximum Gasteiger partial charge on any atom is 0.310 e. The Morgan fingerprint density at radius 1 is 1.39 bits per heavy atom. The molecule has 2 aliphatic heterocycles. The second-order valence-electron chi connectivity index (χ2n) is 6.30. The van der Waals surface area contributed by atoms with Crippen LogP contribution in [0.3, 0.4) is 0 Å². The highest BCUT2D eigenvalue weighted by Crippen LogP contribution is 2.47. The Balaban J connectivity index is 1.91. The van der Waals surface area contributed by atoms with E-state index in [0.29, 0.717) is 6.04 Å². The monoisotopic (exact) mass is 425 g/mol. The number of ether oxygens (including phenoxy) is 1. The number of methoxy groups -OCH3 is 1. The van der Waals surface area contributed by atoms with E-state index >= 15 is 0 Å². The average Bonchev–Trinajstić information content (AvgIpc) is 2.84. The fourth-order valence-corrected chi connectivity index (χ4v) is 4.50. The largest absolute Gasteiger partial charge is 0.469 e. The number of benzene rings is 1. The van der Waals surface area contributed by atoms with Crippen LogP contribution in [0.2, 0.25) is 0 Å². The Morgan fingerprint density at radius 3 is 2.78 bits per heavy atom. The zero-order valence-corrected chi connectivity index (χ0v) is 15.3. The summed E-state index contributed by atoms with van der Waals surface area (Å²) >= 11 is 2.23. The van der Waals surface area contributed by atoms with Crippen LogP contribution >= 0.6 is 22.6 Å². The van der Waals surface area contributed by atoms with Gasteiger partial charge in [0, 0.05) is 24.5 Å². The molecule has 0 N–H and O–H groups in total. The third-order valence-electron chi connectivity index (χ3n) is 5.24. The summed E-state index contributed by atoms with van der Waals surface area (Å²) in [6.07, 6.45) is 5.21. The summed E-state index contributed by atoms with van der Waals surface area (Å²) in [5, 5.41) is 0.